The average molecular weight is 514 g/mol. The van der Waals surface area contributed by atoms with E-state index in [9.17, 15) is 19.5 Å². The lowest BCUT2D eigenvalue weighted by atomic mass is 9.84. The van der Waals surface area contributed by atoms with Gasteiger partial charge in [-0.15, -0.1) is 0 Å². The van der Waals surface area contributed by atoms with E-state index >= 15 is 0 Å². The lowest BCUT2D eigenvalue weighted by molar-refractivity contribution is -0.132. The van der Waals surface area contributed by atoms with E-state index < -0.39 is 23.7 Å². The summed E-state index contributed by atoms with van der Waals surface area (Å²) >= 11 is 0. The molecule has 0 spiro atoms. The molecule has 0 bridgehead atoms. The molecule has 1 aliphatic rings. The summed E-state index contributed by atoms with van der Waals surface area (Å²) in [7, 11) is 2.82. The number of amides is 1. The summed E-state index contributed by atoms with van der Waals surface area (Å²) in [5.41, 5.74) is 3.32. The fourth-order valence-corrected chi connectivity index (χ4v) is 4.59. The van der Waals surface area contributed by atoms with Crippen LogP contribution in [0.2, 0.25) is 0 Å². The molecule has 0 aromatic heterocycles. The van der Waals surface area contributed by atoms with Crippen molar-refractivity contribution in [3.63, 3.8) is 0 Å². The number of ether oxygens (including phenoxy) is 2. The van der Waals surface area contributed by atoms with Crippen molar-refractivity contribution in [1.29, 1.82) is 0 Å². The standard InChI is InChI=1S/C31H31NO6/c1-18-10-13-21(31(2,3)4)17-24(18)27(33)25-26(20-8-7-9-23(16-20)37-5)32(29(35)28(25)34)22-14-11-19(12-15-22)30(36)38-6/h7-17,26,33H,1-6H3/b27-25+. The van der Waals surface area contributed by atoms with Crippen LogP contribution in [0.15, 0.2) is 72.3 Å². The highest BCUT2D eigenvalue weighted by Gasteiger charge is 2.47. The summed E-state index contributed by atoms with van der Waals surface area (Å²) in [5.74, 6) is -1.80. The van der Waals surface area contributed by atoms with Crippen molar-refractivity contribution >= 4 is 29.1 Å². The number of rotatable bonds is 5. The van der Waals surface area contributed by atoms with Gasteiger partial charge < -0.3 is 14.6 Å². The molecule has 1 atom stereocenters. The van der Waals surface area contributed by atoms with Gasteiger partial charge in [0.25, 0.3) is 11.7 Å². The Balaban J connectivity index is 1.95. The van der Waals surface area contributed by atoms with Crippen LogP contribution >= 0.6 is 0 Å². The summed E-state index contributed by atoms with van der Waals surface area (Å²) in [6, 6.07) is 18.1. The van der Waals surface area contributed by atoms with E-state index in [4.69, 9.17) is 9.47 Å². The second-order valence-corrected chi connectivity index (χ2v) is 10.3. The number of nitrogens with zero attached hydrogens (tertiary/aromatic N) is 1. The summed E-state index contributed by atoms with van der Waals surface area (Å²) < 4.78 is 10.2. The number of aliphatic hydroxyl groups excluding tert-OH is 1. The number of aryl methyl sites for hydroxylation is 1. The fourth-order valence-electron chi connectivity index (χ4n) is 4.59. The van der Waals surface area contributed by atoms with E-state index in [1.54, 1.807) is 36.4 Å². The maximum absolute atomic E-state index is 13.5. The van der Waals surface area contributed by atoms with Gasteiger partial charge in [-0.05, 0) is 71.5 Å². The molecule has 3 aromatic rings. The average Bonchev–Trinajstić information content (AvgIpc) is 3.17. The highest BCUT2D eigenvalue weighted by atomic mass is 16.5. The lowest BCUT2D eigenvalue weighted by Gasteiger charge is -2.26. The van der Waals surface area contributed by atoms with E-state index in [1.165, 1.54) is 31.3 Å². The van der Waals surface area contributed by atoms with Gasteiger partial charge in [-0.1, -0.05) is 45.0 Å². The Kier molecular flexibility index (Phi) is 7.14. The zero-order valence-electron chi connectivity index (χ0n) is 22.4. The Labute approximate surface area is 222 Å². The Morgan fingerprint density at radius 1 is 0.947 bits per heavy atom. The Bertz CT molecular complexity index is 1450. The number of carbonyl (C=O) groups is 3. The zero-order chi connectivity index (χ0) is 27.8. The molecule has 4 rings (SSSR count). The molecule has 0 saturated carbocycles. The number of benzene rings is 3. The molecule has 1 fully saturated rings. The number of esters is 1. The van der Waals surface area contributed by atoms with E-state index in [-0.39, 0.29) is 16.7 Å². The minimum atomic E-state index is -0.924. The van der Waals surface area contributed by atoms with Crippen LogP contribution in [0.3, 0.4) is 0 Å². The Hall–Kier alpha value is -4.39. The molecule has 3 aromatic carbocycles. The quantitative estimate of drug-likeness (QED) is 0.203. The van der Waals surface area contributed by atoms with Crippen molar-refractivity contribution in [2.45, 2.75) is 39.2 Å². The van der Waals surface area contributed by atoms with Crippen LogP contribution in [0.5, 0.6) is 5.75 Å². The Morgan fingerprint density at radius 3 is 2.24 bits per heavy atom. The fraction of sp³-hybridized carbons (Fsp3) is 0.258. The molecule has 1 saturated heterocycles. The highest BCUT2D eigenvalue weighted by molar-refractivity contribution is 6.51. The normalized spacial score (nSPS) is 17.0. The molecule has 1 N–H and O–H groups in total. The van der Waals surface area contributed by atoms with Crippen LogP contribution < -0.4 is 9.64 Å². The van der Waals surface area contributed by atoms with Gasteiger partial charge in [-0.25, -0.2) is 4.79 Å². The smallest absolute Gasteiger partial charge is 0.337 e. The van der Waals surface area contributed by atoms with Crippen molar-refractivity contribution < 1.29 is 29.0 Å². The van der Waals surface area contributed by atoms with Gasteiger partial charge in [0.15, 0.2) is 0 Å². The first kappa shape index (κ1) is 26.7. The molecule has 0 radical (unpaired) electrons. The van der Waals surface area contributed by atoms with Gasteiger partial charge in [0.2, 0.25) is 0 Å². The number of ketones is 1. The topological polar surface area (TPSA) is 93.1 Å². The number of anilines is 1. The largest absolute Gasteiger partial charge is 0.507 e. The summed E-state index contributed by atoms with van der Waals surface area (Å²) in [5, 5.41) is 11.6. The maximum Gasteiger partial charge on any atom is 0.337 e. The maximum atomic E-state index is 13.5. The molecular weight excluding hydrogens is 482 g/mol. The van der Waals surface area contributed by atoms with Gasteiger partial charge in [-0.3, -0.25) is 14.5 Å². The number of hydrogen-bond donors (Lipinski definition) is 1. The van der Waals surface area contributed by atoms with E-state index in [0.717, 1.165) is 11.1 Å². The molecule has 7 heteroatoms. The molecule has 0 aliphatic carbocycles. The van der Waals surface area contributed by atoms with Crippen molar-refractivity contribution in [2.75, 3.05) is 19.1 Å². The number of Topliss-reactive ketones (excluding diaryl/α,β-unsaturated/α-hetero) is 1. The first-order valence-corrected chi connectivity index (χ1v) is 12.2. The molecule has 1 aliphatic heterocycles. The van der Waals surface area contributed by atoms with Crippen LogP contribution in [-0.4, -0.2) is 37.0 Å². The van der Waals surface area contributed by atoms with Crippen LogP contribution in [0, 0.1) is 6.92 Å². The summed E-state index contributed by atoms with van der Waals surface area (Å²) in [4.78, 5) is 40.3. The molecule has 7 nitrogen and oxygen atoms in total. The van der Waals surface area contributed by atoms with Gasteiger partial charge in [0.05, 0.1) is 31.4 Å². The number of hydrogen-bond acceptors (Lipinski definition) is 6. The van der Waals surface area contributed by atoms with E-state index in [2.05, 4.69) is 20.8 Å². The number of aliphatic hydroxyl groups is 1. The predicted molar refractivity (Wildman–Crippen MR) is 145 cm³/mol. The zero-order valence-corrected chi connectivity index (χ0v) is 22.4. The van der Waals surface area contributed by atoms with E-state index in [1.807, 2.05) is 25.1 Å². The first-order valence-electron chi connectivity index (χ1n) is 12.2. The molecular formula is C31H31NO6. The summed E-state index contributed by atoms with van der Waals surface area (Å²) in [6.45, 7) is 8.04. The third kappa shape index (κ3) is 4.79. The van der Waals surface area contributed by atoms with Crippen molar-refractivity contribution in [1.82, 2.24) is 0 Å². The monoisotopic (exact) mass is 513 g/mol. The van der Waals surface area contributed by atoms with E-state index in [0.29, 0.717) is 28.1 Å². The van der Waals surface area contributed by atoms with Crippen LogP contribution in [0.25, 0.3) is 5.76 Å². The number of carbonyl (C=O) groups excluding carboxylic acids is 3. The predicted octanol–water partition coefficient (Wildman–Crippen LogP) is 5.71. The molecule has 1 unspecified atom stereocenters. The minimum Gasteiger partial charge on any atom is -0.507 e. The highest BCUT2D eigenvalue weighted by Crippen LogP contribution is 2.43. The Morgan fingerprint density at radius 2 is 1.63 bits per heavy atom. The molecule has 1 heterocycles. The summed E-state index contributed by atoms with van der Waals surface area (Å²) in [6.07, 6.45) is 0. The third-order valence-corrected chi connectivity index (χ3v) is 6.78. The lowest BCUT2D eigenvalue weighted by Crippen LogP contribution is -2.29. The van der Waals surface area contributed by atoms with Gasteiger partial charge in [0.1, 0.15) is 11.5 Å². The third-order valence-electron chi connectivity index (χ3n) is 6.78. The van der Waals surface area contributed by atoms with Gasteiger partial charge in [0, 0.05) is 11.3 Å². The van der Waals surface area contributed by atoms with Crippen molar-refractivity contribution in [2.24, 2.45) is 0 Å². The number of methoxy groups -OCH3 is 2. The van der Waals surface area contributed by atoms with Crippen LogP contribution in [0.4, 0.5) is 5.69 Å². The molecule has 1 amide bonds. The molecule has 196 valence electrons. The van der Waals surface area contributed by atoms with Gasteiger partial charge in [-0.2, -0.15) is 0 Å². The van der Waals surface area contributed by atoms with Crippen molar-refractivity contribution in [3.8, 4) is 5.75 Å². The first-order chi connectivity index (χ1) is 18.0. The van der Waals surface area contributed by atoms with Crippen LogP contribution in [0.1, 0.15) is 59.4 Å². The minimum absolute atomic E-state index is 0.0190. The second kappa shape index (κ2) is 10.2. The SMILES string of the molecule is COC(=O)c1ccc(N2C(=O)C(=O)/C(=C(/O)c3cc(C(C)(C)C)ccc3C)C2c2cccc(OC)c2)cc1. The van der Waals surface area contributed by atoms with Gasteiger partial charge >= 0.3 is 5.97 Å². The van der Waals surface area contributed by atoms with Crippen molar-refractivity contribution in [3.05, 3.63) is 100 Å². The van der Waals surface area contributed by atoms with Crippen LogP contribution in [-0.2, 0) is 19.7 Å². The second-order valence-electron chi connectivity index (χ2n) is 10.3. The molecule has 38 heavy (non-hydrogen) atoms.